The summed E-state index contributed by atoms with van der Waals surface area (Å²) in [7, 11) is 0. The van der Waals surface area contributed by atoms with Gasteiger partial charge in [0.1, 0.15) is 0 Å². The third-order valence-corrected chi connectivity index (χ3v) is 4.03. The van der Waals surface area contributed by atoms with Crippen LogP contribution in [0.25, 0.3) is 0 Å². The maximum absolute atomic E-state index is 12.8. The highest BCUT2D eigenvalue weighted by Crippen LogP contribution is 2.24. The molecule has 6 heteroatoms. The molecule has 3 rings (SSSR count). The number of aromatic amines is 1. The van der Waals surface area contributed by atoms with Gasteiger partial charge in [-0.3, -0.25) is 14.9 Å². The first kappa shape index (κ1) is 13.8. The molecule has 6 nitrogen and oxygen atoms in total. The molecule has 2 aromatic heterocycles. The topological polar surface area (TPSA) is 73.9 Å². The van der Waals surface area contributed by atoms with Crippen molar-refractivity contribution in [2.75, 3.05) is 19.6 Å². The smallest absolute Gasteiger partial charge is 0.275 e. The Kier molecular flexibility index (Phi) is 3.70. The van der Waals surface area contributed by atoms with Crippen molar-refractivity contribution in [3.8, 4) is 0 Å². The maximum atomic E-state index is 12.8. The highest BCUT2D eigenvalue weighted by atomic mass is 16.2. The number of aromatic nitrogens is 3. The molecular weight excluding hydrogens is 266 g/mol. The van der Waals surface area contributed by atoms with Crippen LogP contribution in [-0.2, 0) is 0 Å². The van der Waals surface area contributed by atoms with Crippen molar-refractivity contribution >= 4 is 5.91 Å². The number of nitrogens with one attached hydrogen (secondary N) is 2. The fraction of sp³-hybridized carbons (Fsp3) is 0.400. The summed E-state index contributed by atoms with van der Waals surface area (Å²) >= 11 is 0. The van der Waals surface area contributed by atoms with Gasteiger partial charge >= 0.3 is 0 Å². The number of H-pyrrole nitrogens is 1. The summed E-state index contributed by atoms with van der Waals surface area (Å²) in [6.45, 7) is 6.05. The Balaban J connectivity index is 1.91. The largest absolute Gasteiger partial charge is 0.328 e. The van der Waals surface area contributed by atoms with Crippen LogP contribution in [0.3, 0.4) is 0 Å². The minimum Gasteiger partial charge on any atom is -0.328 e. The summed E-state index contributed by atoms with van der Waals surface area (Å²) in [6, 6.07) is 3.90. The van der Waals surface area contributed by atoms with Gasteiger partial charge in [-0.05, 0) is 25.5 Å². The van der Waals surface area contributed by atoms with Gasteiger partial charge in [0.2, 0.25) is 0 Å². The van der Waals surface area contributed by atoms with Crippen molar-refractivity contribution in [3.63, 3.8) is 0 Å². The Hall–Kier alpha value is -2.21. The molecule has 110 valence electrons. The zero-order chi connectivity index (χ0) is 14.8. The molecule has 0 bridgehead atoms. The van der Waals surface area contributed by atoms with Crippen LogP contribution in [0.4, 0.5) is 0 Å². The van der Waals surface area contributed by atoms with Crippen LogP contribution in [0.1, 0.15) is 33.4 Å². The standard InChI is InChI=1S/C15H19N5O/c1-10-11(2)18-19-14(10)15(21)20-7-6-17-9-13(20)12-4-3-5-16-8-12/h3-5,8,13,17H,6-7,9H2,1-2H3,(H,18,19). The molecular formula is C15H19N5O. The molecule has 1 saturated heterocycles. The van der Waals surface area contributed by atoms with Crippen molar-refractivity contribution in [2.24, 2.45) is 0 Å². The minimum atomic E-state index is -0.0211. The Morgan fingerprint density at radius 3 is 2.95 bits per heavy atom. The van der Waals surface area contributed by atoms with E-state index in [1.54, 1.807) is 6.20 Å². The number of nitrogens with zero attached hydrogens (tertiary/aromatic N) is 3. The Labute approximate surface area is 123 Å². The van der Waals surface area contributed by atoms with Crippen LogP contribution in [0, 0.1) is 13.8 Å². The molecule has 1 aliphatic rings. The van der Waals surface area contributed by atoms with Crippen molar-refractivity contribution in [3.05, 3.63) is 47.0 Å². The summed E-state index contributed by atoms with van der Waals surface area (Å²) in [5, 5.41) is 10.4. The number of carbonyl (C=O) groups excluding carboxylic acids is 1. The van der Waals surface area contributed by atoms with E-state index in [4.69, 9.17) is 0 Å². The first-order chi connectivity index (χ1) is 10.2. The Morgan fingerprint density at radius 2 is 2.29 bits per heavy atom. The number of aryl methyl sites for hydroxylation is 1. The summed E-state index contributed by atoms with van der Waals surface area (Å²) in [5.41, 5.74) is 3.42. The summed E-state index contributed by atoms with van der Waals surface area (Å²) < 4.78 is 0. The van der Waals surface area contributed by atoms with Gasteiger partial charge < -0.3 is 10.2 Å². The molecule has 0 radical (unpaired) electrons. The van der Waals surface area contributed by atoms with E-state index < -0.39 is 0 Å². The molecule has 21 heavy (non-hydrogen) atoms. The van der Waals surface area contributed by atoms with E-state index in [1.807, 2.05) is 37.1 Å². The SMILES string of the molecule is Cc1[nH]nc(C(=O)N2CCNCC2c2cccnc2)c1C. The average Bonchev–Trinajstić information content (AvgIpc) is 2.87. The number of pyridine rings is 1. The predicted molar refractivity (Wildman–Crippen MR) is 78.9 cm³/mol. The van der Waals surface area contributed by atoms with Crippen molar-refractivity contribution in [1.82, 2.24) is 25.4 Å². The zero-order valence-corrected chi connectivity index (χ0v) is 12.3. The molecule has 1 amide bonds. The van der Waals surface area contributed by atoms with Crippen LogP contribution in [-0.4, -0.2) is 45.6 Å². The lowest BCUT2D eigenvalue weighted by molar-refractivity contribution is 0.0627. The van der Waals surface area contributed by atoms with Crippen molar-refractivity contribution in [1.29, 1.82) is 0 Å². The second-order valence-electron chi connectivity index (χ2n) is 5.33. The van der Waals surface area contributed by atoms with E-state index in [9.17, 15) is 4.79 Å². The van der Waals surface area contributed by atoms with Gasteiger partial charge in [-0.1, -0.05) is 6.07 Å². The molecule has 3 heterocycles. The van der Waals surface area contributed by atoms with Crippen molar-refractivity contribution < 1.29 is 4.79 Å². The number of carbonyl (C=O) groups is 1. The Morgan fingerprint density at radius 1 is 1.43 bits per heavy atom. The summed E-state index contributed by atoms with van der Waals surface area (Å²) in [6.07, 6.45) is 3.56. The lowest BCUT2D eigenvalue weighted by Gasteiger charge is -2.36. The van der Waals surface area contributed by atoms with E-state index in [0.717, 1.165) is 29.9 Å². The van der Waals surface area contributed by atoms with Crippen molar-refractivity contribution in [2.45, 2.75) is 19.9 Å². The third kappa shape index (κ3) is 2.54. The summed E-state index contributed by atoms with van der Waals surface area (Å²) in [4.78, 5) is 18.9. The molecule has 1 fully saturated rings. The fourth-order valence-electron chi connectivity index (χ4n) is 2.65. The zero-order valence-electron chi connectivity index (χ0n) is 12.3. The molecule has 1 unspecified atom stereocenters. The van der Waals surface area contributed by atoms with E-state index >= 15 is 0 Å². The number of hydrogen-bond donors (Lipinski definition) is 2. The van der Waals surface area contributed by atoms with Gasteiger partial charge in [0.25, 0.3) is 5.91 Å². The minimum absolute atomic E-state index is 0.00337. The van der Waals surface area contributed by atoms with Crippen LogP contribution in [0.2, 0.25) is 0 Å². The second-order valence-corrected chi connectivity index (χ2v) is 5.33. The normalized spacial score (nSPS) is 18.8. The van der Waals surface area contributed by atoms with E-state index in [0.29, 0.717) is 12.2 Å². The third-order valence-electron chi connectivity index (χ3n) is 4.03. The van der Waals surface area contributed by atoms with Gasteiger partial charge in [-0.15, -0.1) is 0 Å². The van der Waals surface area contributed by atoms with E-state index in [2.05, 4.69) is 20.5 Å². The van der Waals surface area contributed by atoms with Gasteiger partial charge in [0.15, 0.2) is 5.69 Å². The Bertz CT molecular complexity index is 637. The average molecular weight is 285 g/mol. The molecule has 1 aliphatic heterocycles. The second kappa shape index (κ2) is 5.65. The first-order valence-electron chi connectivity index (χ1n) is 7.11. The highest BCUT2D eigenvalue weighted by molar-refractivity contribution is 5.94. The van der Waals surface area contributed by atoms with E-state index in [1.165, 1.54) is 0 Å². The number of hydrogen-bond acceptors (Lipinski definition) is 4. The van der Waals surface area contributed by atoms with Gasteiger partial charge in [-0.2, -0.15) is 5.10 Å². The van der Waals surface area contributed by atoms with Gasteiger partial charge in [0, 0.05) is 43.3 Å². The van der Waals surface area contributed by atoms with E-state index in [-0.39, 0.29) is 11.9 Å². The molecule has 0 saturated carbocycles. The monoisotopic (exact) mass is 285 g/mol. The molecule has 2 N–H and O–H groups in total. The molecule has 0 aromatic carbocycles. The number of amides is 1. The molecule has 2 aromatic rings. The molecule has 1 atom stereocenters. The fourth-order valence-corrected chi connectivity index (χ4v) is 2.65. The highest BCUT2D eigenvalue weighted by Gasteiger charge is 2.30. The molecule has 0 aliphatic carbocycles. The first-order valence-corrected chi connectivity index (χ1v) is 7.11. The van der Waals surface area contributed by atoms with Gasteiger partial charge in [0.05, 0.1) is 6.04 Å². The van der Waals surface area contributed by atoms with Crippen LogP contribution in [0.5, 0.6) is 0 Å². The summed E-state index contributed by atoms with van der Waals surface area (Å²) in [5.74, 6) is -0.0211. The van der Waals surface area contributed by atoms with Crippen LogP contribution >= 0.6 is 0 Å². The van der Waals surface area contributed by atoms with Gasteiger partial charge in [-0.25, -0.2) is 0 Å². The van der Waals surface area contributed by atoms with Crippen LogP contribution in [0.15, 0.2) is 24.5 Å². The molecule has 0 spiro atoms. The number of piperazine rings is 1. The van der Waals surface area contributed by atoms with Crippen LogP contribution < -0.4 is 5.32 Å². The predicted octanol–water partition coefficient (Wildman–Crippen LogP) is 1.21. The number of rotatable bonds is 2. The quantitative estimate of drug-likeness (QED) is 0.870. The lowest BCUT2D eigenvalue weighted by Crippen LogP contribution is -2.49. The maximum Gasteiger partial charge on any atom is 0.275 e. The lowest BCUT2D eigenvalue weighted by atomic mass is 10.0.